The quantitative estimate of drug-likeness (QED) is 0.906. The van der Waals surface area contributed by atoms with Gasteiger partial charge in [-0.2, -0.15) is 0 Å². The minimum atomic E-state index is -0.0355. The van der Waals surface area contributed by atoms with Gasteiger partial charge in [-0.25, -0.2) is 0 Å². The summed E-state index contributed by atoms with van der Waals surface area (Å²) in [6, 6.07) is 7.85. The summed E-state index contributed by atoms with van der Waals surface area (Å²) in [5.41, 5.74) is 0. The van der Waals surface area contributed by atoms with E-state index in [0.717, 1.165) is 10.9 Å². The first-order valence-corrected chi connectivity index (χ1v) is 8.04. The van der Waals surface area contributed by atoms with Crippen molar-refractivity contribution in [2.45, 2.75) is 39.2 Å². The van der Waals surface area contributed by atoms with Gasteiger partial charge in [0.15, 0.2) is 6.61 Å². The smallest absolute Gasteiger partial charge is 0.258 e. The van der Waals surface area contributed by atoms with E-state index >= 15 is 0 Å². The van der Waals surface area contributed by atoms with E-state index in [2.05, 4.69) is 35.1 Å². The molecular weight excluding hydrogens is 318 g/mol. The van der Waals surface area contributed by atoms with Crippen LogP contribution in [0.1, 0.15) is 33.1 Å². The third-order valence-electron chi connectivity index (χ3n) is 4.25. The van der Waals surface area contributed by atoms with Crippen molar-refractivity contribution >= 4 is 21.8 Å². The molecule has 0 aliphatic heterocycles. The maximum absolute atomic E-state index is 12.0. The molecule has 2 rings (SSSR count). The Bertz CT molecular complexity index is 464. The summed E-state index contributed by atoms with van der Waals surface area (Å²) >= 11 is 3.41. The molecule has 3 nitrogen and oxygen atoms in total. The Morgan fingerprint density at radius 2 is 2.10 bits per heavy atom. The van der Waals surface area contributed by atoms with Crippen LogP contribution in [0.15, 0.2) is 28.7 Å². The van der Waals surface area contributed by atoms with Crippen LogP contribution < -0.4 is 10.1 Å². The van der Waals surface area contributed by atoms with Gasteiger partial charge in [0.1, 0.15) is 5.75 Å². The molecule has 0 saturated heterocycles. The minimum Gasteiger partial charge on any atom is -0.483 e. The monoisotopic (exact) mass is 339 g/mol. The van der Waals surface area contributed by atoms with Crippen LogP contribution in [0.5, 0.6) is 5.75 Å². The molecule has 1 aromatic carbocycles. The molecule has 1 fully saturated rings. The zero-order chi connectivity index (χ0) is 14.5. The number of halogens is 1. The summed E-state index contributed by atoms with van der Waals surface area (Å²) < 4.78 is 6.41. The van der Waals surface area contributed by atoms with Crippen molar-refractivity contribution in [1.82, 2.24) is 5.32 Å². The van der Waals surface area contributed by atoms with Crippen molar-refractivity contribution in [3.05, 3.63) is 28.7 Å². The van der Waals surface area contributed by atoms with Gasteiger partial charge in [0.2, 0.25) is 0 Å². The number of para-hydroxylation sites is 1. The molecular formula is C16H22BrNO2. The van der Waals surface area contributed by atoms with Crippen LogP contribution >= 0.6 is 15.9 Å². The number of carbonyl (C=O) groups excluding carboxylic acids is 1. The second kappa shape index (κ2) is 7.11. The molecule has 0 heterocycles. The normalized spacial score (nSPS) is 26.1. The number of benzene rings is 1. The molecule has 1 amide bonds. The summed E-state index contributed by atoms with van der Waals surface area (Å²) in [6.07, 6.45) is 3.54. The predicted octanol–water partition coefficient (Wildman–Crippen LogP) is 3.77. The molecule has 1 aliphatic rings. The number of rotatable bonds is 4. The van der Waals surface area contributed by atoms with E-state index < -0.39 is 0 Å². The molecule has 0 spiro atoms. The van der Waals surface area contributed by atoms with E-state index in [-0.39, 0.29) is 18.6 Å². The van der Waals surface area contributed by atoms with E-state index in [4.69, 9.17) is 4.74 Å². The molecule has 3 atom stereocenters. The van der Waals surface area contributed by atoms with Gasteiger partial charge in [-0.1, -0.05) is 38.8 Å². The lowest BCUT2D eigenvalue weighted by Gasteiger charge is -2.34. The topological polar surface area (TPSA) is 38.3 Å². The van der Waals surface area contributed by atoms with E-state index in [1.54, 1.807) is 0 Å². The molecule has 110 valence electrons. The largest absolute Gasteiger partial charge is 0.483 e. The summed E-state index contributed by atoms with van der Waals surface area (Å²) in [7, 11) is 0. The lowest BCUT2D eigenvalue weighted by molar-refractivity contribution is -0.124. The van der Waals surface area contributed by atoms with Gasteiger partial charge >= 0.3 is 0 Å². The maximum atomic E-state index is 12.0. The fourth-order valence-electron chi connectivity index (χ4n) is 2.74. The Hall–Kier alpha value is -1.03. The van der Waals surface area contributed by atoms with Crippen LogP contribution in [0.4, 0.5) is 0 Å². The van der Waals surface area contributed by atoms with Crippen LogP contribution in [0.2, 0.25) is 0 Å². The Morgan fingerprint density at radius 1 is 1.35 bits per heavy atom. The molecule has 20 heavy (non-hydrogen) atoms. The molecule has 1 N–H and O–H groups in total. The second-order valence-corrected chi connectivity index (χ2v) is 6.51. The van der Waals surface area contributed by atoms with E-state index in [9.17, 15) is 4.79 Å². The first-order chi connectivity index (χ1) is 9.58. The van der Waals surface area contributed by atoms with Crippen LogP contribution in [0.25, 0.3) is 0 Å². The molecule has 1 aromatic rings. The van der Waals surface area contributed by atoms with Gasteiger partial charge in [-0.3, -0.25) is 4.79 Å². The van der Waals surface area contributed by atoms with Gasteiger partial charge < -0.3 is 10.1 Å². The Morgan fingerprint density at radius 3 is 2.85 bits per heavy atom. The average molecular weight is 340 g/mol. The van der Waals surface area contributed by atoms with Gasteiger partial charge in [-0.05, 0) is 46.3 Å². The van der Waals surface area contributed by atoms with Gasteiger partial charge in [0.05, 0.1) is 4.47 Å². The summed E-state index contributed by atoms with van der Waals surface area (Å²) in [5.74, 6) is 1.88. The zero-order valence-electron chi connectivity index (χ0n) is 12.1. The number of amides is 1. The first kappa shape index (κ1) is 15.4. The Labute approximate surface area is 129 Å². The van der Waals surface area contributed by atoms with E-state index in [0.29, 0.717) is 17.6 Å². The number of nitrogens with one attached hydrogen (secondary N) is 1. The summed E-state index contributed by atoms with van der Waals surface area (Å²) in [5, 5.41) is 3.11. The Balaban J connectivity index is 1.82. The lowest BCUT2D eigenvalue weighted by Crippen LogP contribution is -2.45. The van der Waals surface area contributed by atoms with Crippen molar-refractivity contribution in [2.75, 3.05) is 6.61 Å². The van der Waals surface area contributed by atoms with Crippen molar-refractivity contribution in [1.29, 1.82) is 0 Å². The first-order valence-electron chi connectivity index (χ1n) is 7.24. The lowest BCUT2D eigenvalue weighted by atomic mass is 9.78. The second-order valence-electron chi connectivity index (χ2n) is 5.66. The zero-order valence-corrected chi connectivity index (χ0v) is 13.7. The molecule has 1 saturated carbocycles. The van der Waals surface area contributed by atoms with Crippen molar-refractivity contribution in [3.8, 4) is 5.75 Å². The average Bonchev–Trinajstić information content (AvgIpc) is 2.43. The number of ether oxygens (including phenoxy) is 1. The highest BCUT2D eigenvalue weighted by Gasteiger charge is 2.28. The van der Waals surface area contributed by atoms with Crippen LogP contribution in [-0.4, -0.2) is 18.6 Å². The summed E-state index contributed by atoms with van der Waals surface area (Å²) in [6.45, 7) is 4.56. The van der Waals surface area contributed by atoms with Crippen molar-refractivity contribution < 1.29 is 9.53 Å². The highest BCUT2D eigenvalue weighted by atomic mass is 79.9. The fraction of sp³-hybridized carbons (Fsp3) is 0.562. The van der Waals surface area contributed by atoms with Gasteiger partial charge in [0.25, 0.3) is 5.91 Å². The molecule has 4 heteroatoms. The molecule has 0 bridgehead atoms. The molecule has 0 radical (unpaired) electrons. The predicted molar refractivity (Wildman–Crippen MR) is 83.7 cm³/mol. The maximum Gasteiger partial charge on any atom is 0.258 e. The standard InChI is InChI=1S/C16H22BrNO2/c1-11-6-5-8-14(12(11)2)18-16(19)10-20-15-9-4-3-7-13(15)17/h3-4,7,9,11-12,14H,5-6,8,10H2,1-2H3,(H,18,19). The van der Waals surface area contributed by atoms with Crippen LogP contribution in [-0.2, 0) is 4.79 Å². The number of carbonyl (C=O) groups is 1. The van der Waals surface area contributed by atoms with Crippen molar-refractivity contribution in [2.24, 2.45) is 11.8 Å². The molecule has 3 unspecified atom stereocenters. The van der Waals surface area contributed by atoms with E-state index in [1.807, 2.05) is 24.3 Å². The van der Waals surface area contributed by atoms with Crippen LogP contribution in [0.3, 0.4) is 0 Å². The van der Waals surface area contributed by atoms with Crippen molar-refractivity contribution in [3.63, 3.8) is 0 Å². The van der Waals surface area contributed by atoms with Gasteiger partial charge in [-0.15, -0.1) is 0 Å². The minimum absolute atomic E-state index is 0.0355. The SMILES string of the molecule is CC1CCCC(NC(=O)COc2ccccc2Br)C1C. The Kier molecular flexibility index (Phi) is 5.46. The molecule has 1 aliphatic carbocycles. The number of hydrogen-bond donors (Lipinski definition) is 1. The third-order valence-corrected chi connectivity index (χ3v) is 4.90. The highest BCUT2D eigenvalue weighted by Crippen LogP contribution is 2.29. The fourth-order valence-corrected chi connectivity index (χ4v) is 3.14. The third kappa shape index (κ3) is 3.98. The van der Waals surface area contributed by atoms with E-state index in [1.165, 1.54) is 12.8 Å². The highest BCUT2D eigenvalue weighted by molar-refractivity contribution is 9.10. The molecule has 0 aromatic heterocycles. The summed E-state index contributed by atoms with van der Waals surface area (Å²) in [4.78, 5) is 12.0. The number of hydrogen-bond acceptors (Lipinski definition) is 2. The van der Waals surface area contributed by atoms with Gasteiger partial charge in [0, 0.05) is 6.04 Å². The van der Waals surface area contributed by atoms with Crippen LogP contribution in [0, 0.1) is 11.8 Å².